The Labute approximate surface area is 229 Å². The van der Waals surface area contributed by atoms with E-state index in [2.05, 4.69) is 82.9 Å². The van der Waals surface area contributed by atoms with E-state index in [1.807, 2.05) is 0 Å². The van der Waals surface area contributed by atoms with Crippen LogP contribution in [-0.4, -0.2) is 29.9 Å². The molecule has 1 saturated heterocycles. The molecule has 2 aromatic rings. The number of carbonyl (C=O) groups excluding carboxylic acids is 1. The number of aliphatic hydroxyl groups is 1. The Morgan fingerprint density at radius 3 is 2.29 bits per heavy atom. The normalized spacial score (nSPS) is 19.8. The third-order valence-corrected chi connectivity index (χ3v) is 9.11. The summed E-state index contributed by atoms with van der Waals surface area (Å²) in [5.74, 6) is 7.18. The molecule has 2 atom stereocenters. The van der Waals surface area contributed by atoms with Crippen LogP contribution in [0.3, 0.4) is 0 Å². The van der Waals surface area contributed by atoms with Crippen LogP contribution in [0, 0.1) is 31.1 Å². The quantitative estimate of drug-likeness (QED) is 0.298. The molecule has 38 heavy (non-hydrogen) atoms. The van der Waals surface area contributed by atoms with Gasteiger partial charge in [-0.3, -0.25) is 4.79 Å². The SMILES string of the molecule is CCC(CC)(c1ccc(C#CC(O)C2(C)CCCCC2)c(C)c1)c1ccc(OC[C@H]2CCC(=O)O2)c(C)c1. The number of ether oxygens (including phenoxy) is 2. The summed E-state index contributed by atoms with van der Waals surface area (Å²) in [6.45, 7) is 11.3. The zero-order valence-corrected chi connectivity index (χ0v) is 23.9. The third-order valence-electron chi connectivity index (χ3n) is 9.11. The van der Waals surface area contributed by atoms with Crippen LogP contribution in [0.15, 0.2) is 36.4 Å². The van der Waals surface area contributed by atoms with E-state index in [9.17, 15) is 9.90 Å². The van der Waals surface area contributed by atoms with Crippen molar-refractivity contribution in [3.05, 3.63) is 64.2 Å². The molecule has 1 N–H and O–H groups in total. The van der Waals surface area contributed by atoms with Crippen LogP contribution in [0.5, 0.6) is 5.75 Å². The zero-order chi connectivity index (χ0) is 27.3. The molecule has 0 spiro atoms. The summed E-state index contributed by atoms with van der Waals surface area (Å²) in [7, 11) is 0. The molecule has 0 aromatic heterocycles. The maximum absolute atomic E-state index is 11.4. The van der Waals surface area contributed by atoms with Crippen molar-refractivity contribution in [2.45, 2.75) is 110 Å². The van der Waals surface area contributed by atoms with Gasteiger partial charge in [0.15, 0.2) is 0 Å². The Kier molecular flexibility index (Phi) is 8.89. The van der Waals surface area contributed by atoms with Crippen molar-refractivity contribution in [2.75, 3.05) is 6.61 Å². The van der Waals surface area contributed by atoms with Gasteiger partial charge in [-0.25, -0.2) is 0 Å². The van der Waals surface area contributed by atoms with Gasteiger partial charge in [-0.1, -0.05) is 76.1 Å². The van der Waals surface area contributed by atoms with E-state index < -0.39 is 6.10 Å². The van der Waals surface area contributed by atoms with Crippen LogP contribution in [0.4, 0.5) is 0 Å². The summed E-state index contributed by atoms with van der Waals surface area (Å²) in [4.78, 5) is 11.4. The van der Waals surface area contributed by atoms with E-state index in [4.69, 9.17) is 9.47 Å². The van der Waals surface area contributed by atoms with Gasteiger partial charge in [-0.2, -0.15) is 0 Å². The van der Waals surface area contributed by atoms with Crippen molar-refractivity contribution < 1.29 is 19.4 Å². The van der Waals surface area contributed by atoms with Crippen LogP contribution in [0.2, 0.25) is 0 Å². The largest absolute Gasteiger partial charge is 0.489 e. The van der Waals surface area contributed by atoms with Gasteiger partial charge in [0.1, 0.15) is 24.6 Å². The molecule has 2 aliphatic rings. The van der Waals surface area contributed by atoms with Gasteiger partial charge in [-0.15, -0.1) is 0 Å². The Hall–Kier alpha value is -2.77. The lowest BCUT2D eigenvalue weighted by Crippen LogP contribution is -2.33. The van der Waals surface area contributed by atoms with Crippen molar-refractivity contribution >= 4 is 5.97 Å². The first kappa shape index (κ1) is 28.2. The fourth-order valence-corrected chi connectivity index (χ4v) is 6.28. The molecule has 4 rings (SSSR count). The highest BCUT2D eigenvalue weighted by Gasteiger charge is 2.34. The second-order valence-corrected chi connectivity index (χ2v) is 11.6. The van der Waals surface area contributed by atoms with Gasteiger partial charge < -0.3 is 14.6 Å². The molecule has 1 aliphatic heterocycles. The number of benzene rings is 2. The number of esters is 1. The molecule has 2 aromatic carbocycles. The summed E-state index contributed by atoms with van der Waals surface area (Å²) >= 11 is 0. The number of hydrogen-bond donors (Lipinski definition) is 1. The molecule has 1 heterocycles. The lowest BCUT2D eigenvalue weighted by molar-refractivity contribution is -0.142. The van der Waals surface area contributed by atoms with Crippen molar-refractivity contribution in [2.24, 2.45) is 5.41 Å². The van der Waals surface area contributed by atoms with Gasteiger partial charge in [0.2, 0.25) is 0 Å². The van der Waals surface area contributed by atoms with Gasteiger partial charge in [0.25, 0.3) is 0 Å². The molecule has 1 aliphatic carbocycles. The second-order valence-electron chi connectivity index (χ2n) is 11.6. The molecule has 0 amide bonds. The Balaban J connectivity index is 1.54. The summed E-state index contributed by atoms with van der Waals surface area (Å²) in [5.41, 5.74) is 5.58. The Bertz CT molecular complexity index is 1190. The number of hydrogen-bond acceptors (Lipinski definition) is 4. The monoisotopic (exact) mass is 516 g/mol. The van der Waals surface area contributed by atoms with E-state index in [1.54, 1.807) is 0 Å². The number of aliphatic hydroxyl groups excluding tert-OH is 1. The molecule has 0 bridgehead atoms. The smallest absolute Gasteiger partial charge is 0.306 e. The van der Waals surface area contributed by atoms with Gasteiger partial charge in [0.05, 0.1) is 0 Å². The molecular weight excluding hydrogens is 472 g/mol. The minimum atomic E-state index is -0.586. The van der Waals surface area contributed by atoms with Gasteiger partial charge in [0, 0.05) is 22.8 Å². The molecular formula is C34H44O4. The predicted octanol–water partition coefficient (Wildman–Crippen LogP) is 7.18. The van der Waals surface area contributed by atoms with Crippen molar-refractivity contribution in [1.29, 1.82) is 0 Å². The first-order valence-corrected chi connectivity index (χ1v) is 14.4. The van der Waals surface area contributed by atoms with E-state index in [1.165, 1.54) is 30.4 Å². The van der Waals surface area contributed by atoms with E-state index in [-0.39, 0.29) is 22.9 Å². The predicted molar refractivity (Wildman–Crippen MR) is 152 cm³/mol. The van der Waals surface area contributed by atoms with Crippen LogP contribution < -0.4 is 4.74 Å². The third kappa shape index (κ3) is 5.94. The van der Waals surface area contributed by atoms with Gasteiger partial charge in [-0.05, 0) is 80.3 Å². The molecule has 204 valence electrons. The first-order chi connectivity index (χ1) is 18.2. The maximum atomic E-state index is 11.4. The summed E-state index contributed by atoms with van der Waals surface area (Å²) in [6.07, 6.45) is 8.14. The maximum Gasteiger partial charge on any atom is 0.306 e. The number of rotatable bonds is 8. The average Bonchev–Trinajstić information content (AvgIpc) is 3.34. The lowest BCUT2D eigenvalue weighted by Gasteiger charge is -2.35. The van der Waals surface area contributed by atoms with Crippen molar-refractivity contribution in [3.63, 3.8) is 0 Å². The van der Waals surface area contributed by atoms with Crippen molar-refractivity contribution in [1.82, 2.24) is 0 Å². The van der Waals surface area contributed by atoms with Crippen LogP contribution in [0.25, 0.3) is 0 Å². The van der Waals surface area contributed by atoms with Gasteiger partial charge >= 0.3 is 5.97 Å². The van der Waals surface area contributed by atoms with Crippen LogP contribution in [-0.2, 0) is 14.9 Å². The molecule has 0 radical (unpaired) electrons. The minimum Gasteiger partial charge on any atom is -0.489 e. The summed E-state index contributed by atoms with van der Waals surface area (Å²) < 4.78 is 11.3. The zero-order valence-electron chi connectivity index (χ0n) is 23.9. The van der Waals surface area contributed by atoms with Crippen molar-refractivity contribution in [3.8, 4) is 17.6 Å². The Morgan fingerprint density at radius 1 is 1.05 bits per heavy atom. The molecule has 4 nitrogen and oxygen atoms in total. The molecule has 1 unspecified atom stereocenters. The highest BCUT2D eigenvalue weighted by molar-refractivity contribution is 5.71. The Morgan fingerprint density at radius 2 is 1.71 bits per heavy atom. The summed E-state index contributed by atoms with van der Waals surface area (Å²) in [5, 5.41) is 10.8. The summed E-state index contributed by atoms with van der Waals surface area (Å²) in [6, 6.07) is 13.1. The molecule has 1 saturated carbocycles. The average molecular weight is 517 g/mol. The number of carbonyl (C=O) groups is 1. The van der Waals surface area contributed by atoms with Crippen LogP contribution >= 0.6 is 0 Å². The first-order valence-electron chi connectivity index (χ1n) is 14.4. The topological polar surface area (TPSA) is 55.8 Å². The molecule has 2 fully saturated rings. The van der Waals surface area contributed by atoms with E-state index in [0.717, 1.165) is 54.5 Å². The fraction of sp³-hybridized carbons (Fsp3) is 0.559. The minimum absolute atomic E-state index is 0.0893. The fourth-order valence-electron chi connectivity index (χ4n) is 6.28. The molecule has 4 heteroatoms. The van der Waals surface area contributed by atoms with E-state index >= 15 is 0 Å². The van der Waals surface area contributed by atoms with Crippen LogP contribution in [0.1, 0.15) is 106 Å². The number of aryl methyl sites for hydroxylation is 2. The highest BCUT2D eigenvalue weighted by atomic mass is 16.6. The number of cyclic esters (lactones) is 1. The standard InChI is InChI=1S/C34H44O4/c1-6-34(7-2,28-14-16-30(25(4)22-28)37-23-29-15-18-32(36)38-29)27-13-11-26(24(3)21-27)12-17-31(35)33(5)19-9-8-10-20-33/h11,13-14,16,21-22,29,31,35H,6-10,15,18-20,23H2,1-5H3/t29-,31?/m1/s1. The highest BCUT2D eigenvalue weighted by Crippen LogP contribution is 2.41. The second kappa shape index (κ2) is 12.0. The van der Waals surface area contributed by atoms with E-state index in [0.29, 0.717) is 13.0 Å². The lowest BCUT2D eigenvalue weighted by atomic mass is 9.70.